The Morgan fingerprint density at radius 2 is 1.52 bits per heavy atom. The number of guanidine groups is 1. The summed E-state index contributed by atoms with van der Waals surface area (Å²) in [6.45, 7) is 3.90. The van der Waals surface area contributed by atoms with Gasteiger partial charge in [0.05, 0.1) is 21.3 Å². The number of carbonyl (C=O) groups is 3. The first-order chi connectivity index (χ1) is 12.7. The average Bonchev–Trinajstić information content (AvgIpc) is 2.99. The van der Waals surface area contributed by atoms with Gasteiger partial charge in [-0.3, -0.25) is 24.6 Å². The van der Waals surface area contributed by atoms with E-state index in [0.29, 0.717) is 22.8 Å². The normalized spacial score (nSPS) is 15.9. The Morgan fingerprint density at radius 1 is 0.963 bits per heavy atom. The largest absolute Gasteiger partial charge is 0.493 e. The number of nitrogens with one attached hydrogen (secondary N) is 1. The van der Waals surface area contributed by atoms with Crippen LogP contribution in [0.25, 0.3) is 0 Å². The molecular formula is C17H22N4O6. The fraction of sp³-hybridized carbons (Fsp3) is 0.412. The second-order valence-corrected chi connectivity index (χ2v) is 5.69. The van der Waals surface area contributed by atoms with Crippen molar-refractivity contribution in [2.24, 2.45) is 5.10 Å². The Labute approximate surface area is 156 Å². The molecule has 0 bridgehead atoms. The summed E-state index contributed by atoms with van der Waals surface area (Å²) in [5.74, 6) is -0.212. The maximum Gasteiger partial charge on any atom is 0.241 e. The number of hydrogen-bond donors (Lipinski definition) is 1. The van der Waals surface area contributed by atoms with Crippen LogP contribution in [0, 0.1) is 0 Å². The molecule has 1 aromatic carbocycles. The highest BCUT2D eigenvalue weighted by molar-refractivity contribution is 6.05. The third-order valence-electron chi connectivity index (χ3n) is 3.84. The number of hydrazone groups is 1. The molecule has 1 heterocycles. The molecule has 1 aromatic rings. The SMILES string of the molecule is COc1cc(C2N(C(C)=O)N=C(NC(C)=O)N2C(C)=O)cc(OC)c1OC. The van der Waals surface area contributed by atoms with Gasteiger partial charge in [0, 0.05) is 26.3 Å². The molecule has 1 unspecified atom stereocenters. The number of hydrogen-bond acceptors (Lipinski definition) is 7. The Hall–Kier alpha value is -3.30. The topological polar surface area (TPSA) is 110 Å². The van der Waals surface area contributed by atoms with Crippen molar-refractivity contribution in [1.29, 1.82) is 0 Å². The molecule has 0 saturated heterocycles. The number of rotatable bonds is 4. The van der Waals surface area contributed by atoms with E-state index in [-0.39, 0.29) is 5.96 Å². The maximum absolute atomic E-state index is 12.3. The molecule has 10 heteroatoms. The van der Waals surface area contributed by atoms with Crippen molar-refractivity contribution in [3.8, 4) is 17.2 Å². The molecule has 146 valence electrons. The van der Waals surface area contributed by atoms with Crippen molar-refractivity contribution < 1.29 is 28.6 Å². The summed E-state index contributed by atoms with van der Waals surface area (Å²) >= 11 is 0. The molecule has 0 radical (unpaired) electrons. The summed E-state index contributed by atoms with van der Waals surface area (Å²) in [4.78, 5) is 37.1. The van der Waals surface area contributed by atoms with Crippen LogP contribution in [0.3, 0.4) is 0 Å². The van der Waals surface area contributed by atoms with Crippen molar-refractivity contribution in [3.05, 3.63) is 17.7 Å². The van der Waals surface area contributed by atoms with Gasteiger partial charge in [0.1, 0.15) is 0 Å². The lowest BCUT2D eigenvalue weighted by Gasteiger charge is -2.29. The minimum absolute atomic E-state index is 0.0380. The third-order valence-corrected chi connectivity index (χ3v) is 3.84. The summed E-state index contributed by atoms with van der Waals surface area (Å²) in [6.07, 6.45) is -0.921. The number of benzene rings is 1. The molecule has 0 aromatic heterocycles. The van der Waals surface area contributed by atoms with Crippen LogP contribution >= 0.6 is 0 Å². The minimum atomic E-state index is -0.921. The first kappa shape index (κ1) is 20.0. The van der Waals surface area contributed by atoms with E-state index in [1.807, 2.05) is 0 Å². The number of ether oxygens (including phenoxy) is 3. The lowest BCUT2D eigenvalue weighted by atomic mass is 10.1. The van der Waals surface area contributed by atoms with Gasteiger partial charge in [0.2, 0.25) is 29.4 Å². The van der Waals surface area contributed by atoms with Crippen LogP contribution in [0.4, 0.5) is 0 Å². The molecule has 0 saturated carbocycles. The molecule has 1 aliphatic rings. The van der Waals surface area contributed by atoms with E-state index in [2.05, 4.69) is 10.4 Å². The predicted molar refractivity (Wildman–Crippen MR) is 95.1 cm³/mol. The Bertz CT molecular complexity index is 782. The van der Waals surface area contributed by atoms with Crippen LogP contribution in [0.1, 0.15) is 32.5 Å². The monoisotopic (exact) mass is 378 g/mol. The lowest BCUT2D eigenvalue weighted by molar-refractivity contribution is -0.136. The number of nitrogens with zero attached hydrogens (tertiary/aromatic N) is 3. The number of amides is 3. The molecule has 1 N–H and O–H groups in total. The molecule has 0 spiro atoms. The molecule has 0 aliphatic carbocycles. The predicted octanol–water partition coefficient (Wildman–Crippen LogP) is 0.829. The molecule has 3 amide bonds. The maximum atomic E-state index is 12.3. The van der Waals surface area contributed by atoms with Gasteiger partial charge in [-0.15, -0.1) is 5.10 Å². The summed E-state index contributed by atoms with van der Waals surface area (Å²) in [6, 6.07) is 3.23. The van der Waals surface area contributed by atoms with Gasteiger partial charge in [-0.2, -0.15) is 0 Å². The Kier molecular flexibility index (Phi) is 5.88. The van der Waals surface area contributed by atoms with Crippen molar-refractivity contribution in [3.63, 3.8) is 0 Å². The van der Waals surface area contributed by atoms with Crippen LogP contribution in [0.5, 0.6) is 17.2 Å². The van der Waals surface area contributed by atoms with Gasteiger partial charge in [-0.25, -0.2) is 5.01 Å². The van der Waals surface area contributed by atoms with Crippen LogP contribution in [0.15, 0.2) is 17.2 Å². The van der Waals surface area contributed by atoms with Crippen molar-refractivity contribution in [2.75, 3.05) is 21.3 Å². The first-order valence-electron chi connectivity index (χ1n) is 8.00. The van der Waals surface area contributed by atoms with E-state index in [1.165, 1.54) is 47.0 Å². The summed E-state index contributed by atoms with van der Waals surface area (Å²) < 4.78 is 16.0. The van der Waals surface area contributed by atoms with Crippen molar-refractivity contribution in [1.82, 2.24) is 15.2 Å². The summed E-state index contributed by atoms with van der Waals surface area (Å²) in [7, 11) is 4.39. The second kappa shape index (κ2) is 7.94. The van der Waals surface area contributed by atoms with E-state index < -0.39 is 23.9 Å². The van der Waals surface area contributed by atoms with E-state index in [0.717, 1.165) is 5.01 Å². The van der Waals surface area contributed by atoms with E-state index in [9.17, 15) is 14.4 Å². The van der Waals surface area contributed by atoms with E-state index in [4.69, 9.17) is 14.2 Å². The molecular weight excluding hydrogens is 356 g/mol. The van der Waals surface area contributed by atoms with E-state index in [1.54, 1.807) is 12.1 Å². The van der Waals surface area contributed by atoms with Crippen molar-refractivity contribution in [2.45, 2.75) is 26.9 Å². The minimum Gasteiger partial charge on any atom is -0.493 e. The first-order valence-corrected chi connectivity index (χ1v) is 8.00. The molecule has 10 nitrogen and oxygen atoms in total. The van der Waals surface area contributed by atoms with Gasteiger partial charge in [0.15, 0.2) is 17.7 Å². The Morgan fingerprint density at radius 3 is 1.89 bits per heavy atom. The fourth-order valence-corrected chi connectivity index (χ4v) is 2.78. The number of carbonyl (C=O) groups excluding carboxylic acids is 3. The van der Waals surface area contributed by atoms with Crippen LogP contribution in [-0.2, 0) is 14.4 Å². The average molecular weight is 378 g/mol. The smallest absolute Gasteiger partial charge is 0.241 e. The van der Waals surface area contributed by atoms with Gasteiger partial charge >= 0.3 is 0 Å². The summed E-state index contributed by atoms with van der Waals surface area (Å²) in [5.41, 5.74) is 0.485. The highest BCUT2D eigenvalue weighted by Crippen LogP contribution is 2.42. The number of methoxy groups -OCH3 is 3. The van der Waals surface area contributed by atoms with Gasteiger partial charge < -0.3 is 14.2 Å². The molecule has 2 rings (SSSR count). The molecule has 1 aliphatic heterocycles. The second-order valence-electron chi connectivity index (χ2n) is 5.69. The highest BCUT2D eigenvalue weighted by atomic mass is 16.5. The molecule has 1 atom stereocenters. The van der Waals surface area contributed by atoms with Gasteiger partial charge in [0.25, 0.3) is 0 Å². The highest BCUT2D eigenvalue weighted by Gasteiger charge is 2.41. The van der Waals surface area contributed by atoms with Gasteiger partial charge in [-0.1, -0.05) is 0 Å². The van der Waals surface area contributed by atoms with Crippen LogP contribution in [-0.4, -0.2) is 54.9 Å². The third kappa shape index (κ3) is 3.78. The zero-order valence-electron chi connectivity index (χ0n) is 16.0. The zero-order chi connectivity index (χ0) is 20.3. The Balaban J connectivity index is 2.64. The molecule has 27 heavy (non-hydrogen) atoms. The summed E-state index contributed by atoms with van der Waals surface area (Å²) in [5, 5.41) is 7.68. The van der Waals surface area contributed by atoms with E-state index >= 15 is 0 Å². The fourth-order valence-electron chi connectivity index (χ4n) is 2.78. The zero-order valence-corrected chi connectivity index (χ0v) is 16.0. The van der Waals surface area contributed by atoms with Crippen molar-refractivity contribution >= 4 is 23.7 Å². The lowest BCUT2D eigenvalue weighted by Crippen LogP contribution is -2.45. The van der Waals surface area contributed by atoms with Crippen LogP contribution in [0.2, 0.25) is 0 Å². The van der Waals surface area contributed by atoms with Crippen LogP contribution < -0.4 is 19.5 Å². The quantitative estimate of drug-likeness (QED) is 0.831. The van der Waals surface area contributed by atoms with Gasteiger partial charge in [-0.05, 0) is 12.1 Å². The molecule has 0 fully saturated rings. The standard InChI is InChI=1S/C17H22N4O6/c1-9(22)18-17-19-21(11(3)24)16(20(17)10(2)23)12-7-13(25-4)15(27-6)14(8-12)26-5/h7-8,16H,1-6H3,(H,18,19,22).